The molecule has 8 heteroatoms. The Morgan fingerprint density at radius 3 is 2.84 bits per heavy atom. The van der Waals surface area contributed by atoms with Crippen molar-refractivity contribution in [1.29, 1.82) is 0 Å². The molecule has 1 aliphatic heterocycles. The van der Waals surface area contributed by atoms with Crippen LogP contribution in [0, 0.1) is 0 Å². The topological polar surface area (TPSA) is 56.1 Å². The van der Waals surface area contributed by atoms with Gasteiger partial charge in [0.2, 0.25) is 0 Å². The summed E-state index contributed by atoms with van der Waals surface area (Å²) in [5.41, 5.74) is 2.22. The molecule has 0 N–H and O–H groups in total. The number of rotatable bonds is 8. The first-order valence-electron chi connectivity index (χ1n) is 11.0. The number of thioether (sulfide) groups is 1. The lowest BCUT2D eigenvalue weighted by atomic mass is 10.1. The second kappa shape index (κ2) is 10.1. The lowest BCUT2D eigenvalue weighted by Gasteiger charge is -2.31. The van der Waals surface area contributed by atoms with Crippen molar-refractivity contribution < 1.29 is 4.74 Å². The van der Waals surface area contributed by atoms with Gasteiger partial charge >= 0.3 is 0 Å². The second-order valence-electron chi connectivity index (χ2n) is 8.13. The number of para-hydroxylation sites is 1. The lowest BCUT2D eigenvalue weighted by molar-refractivity contribution is -0.0235. The van der Waals surface area contributed by atoms with Crippen molar-refractivity contribution in [3.05, 3.63) is 71.5 Å². The number of hydrogen-bond donors (Lipinski definition) is 0. The van der Waals surface area contributed by atoms with Crippen molar-refractivity contribution >= 4 is 33.3 Å². The molecule has 1 saturated heterocycles. The first kappa shape index (κ1) is 21.6. The molecule has 3 heterocycles. The van der Waals surface area contributed by atoms with Crippen LogP contribution < -0.4 is 0 Å². The van der Waals surface area contributed by atoms with Crippen molar-refractivity contribution in [3.8, 4) is 0 Å². The van der Waals surface area contributed by atoms with E-state index in [1.54, 1.807) is 17.5 Å². The quantitative estimate of drug-likeness (QED) is 0.346. The standard InChI is InChI=1S/C24H27N5OS2/c1-28-12-9-19(10-13-28)30-23(24-26-21-7-2-3-8-22(21)32-24)18-5-4-6-20(17-18)31-16-15-29-14-11-25-27-29/h2-8,11,14,17,19,23H,9-10,12-13,15-16H2,1H3. The lowest BCUT2D eigenvalue weighted by Crippen LogP contribution is -2.35. The molecule has 1 unspecified atom stereocenters. The summed E-state index contributed by atoms with van der Waals surface area (Å²) >= 11 is 3.57. The Balaban J connectivity index is 1.37. The zero-order valence-electron chi connectivity index (χ0n) is 18.1. The van der Waals surface area contributed by atoms with E-state index in [2.05, 4.69) is 64.7 Å². The van der Waals surface area contributed by atoms with Crippen molar-refractivity contribution in [2.24, 2.45) is 0 Å². The molecule has 0 spiro atoms. The van der Waals surface area contributed by atoms with Crippen molar-refractivity contribution in [2.75, 3.05) is 25.9 Å². The Morgan fingerprint density at radius 1 is 1.16 bits per heavy atom. The van der Waals surface area contributed by atoms with E-state index in [0.717, 1.165) is 48.8 Å². The van der Waals surface area contributed by atoms with Crippen LogP contribution in [0.1, 0.15) is 29.5 Å². The van der Waals surface area contributed by atoms with Gasteiger partial charge in [0.25, 0.3) is 0 Å². The number of thiazole rings is 1. The van der Waals surface area contributed by atoms with Crippen molar-refractivity contribution in [2.45, 2.75) is 36.5 Å². The minimum Gasteiger partial charge on any atom is -0.363 e. The summed E-state index contributed by atoms with van der Waals surface area (Å²) in [6.45, 7) is 2.99. The highest BCUT2D eigenvalue weighted by Crippen LogP contribution is 2.36. The SMILES string of the molecule is CN1CCC(OC(c2cccc(SCCn3ccnn3)c2)c2nc3ccccc3s2)CC1. The monoisotopic (exact) mass is 465 g/mol. The van der Waals surface area contributed by atoms with E-state index in [-0.39, 0.29) is 12.2 Å². The smallest absolute Gasteiger partial charge is 0.134 e. The Labute approximate surface area is 196 Å². The molecule has 5 rings (SSSR count). The van der Waals surface area contributed by atoms with Crippen LogP contribution in [0.5, 0.6) is 0 Å². The maximum Gasteiger partial charge on any atom is 0.134 e. The number of aromatic nitrogens is 4. The highest BCUT2D eigenvalue weighted by molar-refractivity contribution is 7.99. The Kier molecular flexibility index (Phi) is 6.83. The molecular formula is C24H27N5OS2. The van der Waals surface area contributed by atoms with E-state index >= 15 is 0 Å². The molecule has 1 atom stereocenters. The third-order valence-corrected chi connectivity index (χ3v) is 7.80. The summed E-state index contributed by atoms with van der Waals surface area (Å²) in [6.07, 6.45) is 5.85. The molecule has 32 heavy (non-hydrogen) atoms. The highest BCUT2D eigenvalue weighted by Gasteiger charge is 2.26. The van der Waals surface area contributed by atoms with Gasteiger partial charge in [0.05, 0.1) is 29.1 Å². The van der Waals surface area contributed by atoms with Gasteiger partial charge in [-0.15, -0.1) is 28.2 Å². The average molecular weight is 466 g/mol. The Bertz CT molecular complexity index is 1110. The maximum absolute atomic E-state index is 6.75. The first-order chi connectivity index (χ1) is 15.7. The summed E-state index contributed by atoms with van der Waals surface area (Å²) in [5.74, 6) is 0.939. The zero-order chi connectivity index (χ0) is 21.8. The zero-order valence-corrected chi connectivity index (χ0v) is 19.8. The number of nitrogens with zero attached hydrogens (tertiary/aromatic N) is 5. The molecule has 2 aromatic carbocycles. The number of ether oxygens (including phenoxy) is 1. The Morgan fingerprint density at radius 2 is 2.03 bits per heavy atom. The van der Waals surface area contributed by atoms with E-state index in [1.165, 1.54) is 15.2 Å². The largest absolute Gasteiger partial charge is 0.363 e. The van der Waals surface area contributed by atoms with Gasteiger partial charge in [0, 0.05) is 29.9 Å². The number of piperidine rings is 1. The normalized spacial score (nSPS) is 16.5. The molecule has 4 aromatic rings. The maximum atomic E-state index is 6.75. The number of benzene rings is 2. The van der Waals surface area contributed by atoms with Crippen LogP contribution in [0.15, 0.2) is 65.8 Å². The van der Waals surface area contributed by atoms with Gasteiger partial charge in [-0.1, -0.05) is 29.5 Å². The van der Waals surface area contributed by atoms with Gasteiger partial charge in [-0.3, -0.25) is 4.68 Å². The molecular weight excluding hydrogens is 438 g/mol. The van der Waals surface area contributed by atoms with E-state index in [4.69, 9.17) is 9.72 Å². The van der Waals surface area contributed by atoms with E-state index in [9.17, 15) is 0 Å². The van der Waals surface area contributed by atoms with E-state index in [0.29, 0.717) is 0 Å². The van der Waals surface area contributed by atoms with Crippen LogP contribution in [0.2, 0.25) is 0 Å². The van der Waals surface area contributed by atoms with Gasteiger partial charge in [-0.25, -0.2) is 4.98 Å². The van der Waals surface area contributed by atoms with Gasteiger partial charge in [-0.05, 0) is 49.7 Å². The number of aryl methyl sites for hydroxylation is 1. The predicted octanol–water partition coefficient (Wildman–Crippen LogP) is 4.88. The fraction of sp³-hybridized carbons (Fsp3) is 0.375. The molecule has 2 aromatic heterocycles. The third kappa shape index (κ3) is 5.20. The number of likely N-dealkylation sites (tertiary alicyclic amines) is 1. The first-order valence-corrected chi connectivity index (χ1v) is 12.8. The molecule has 1 aliphatic rings. The second-order valence-corrected chi connectivity index (χ2v) is 10.4. The van der Waals surface area contributed by atoms with Crippen LogP contribution in [-0.2, 0) is 11.3 Å². The van der Waals surface area contributed by atoms with Crippen LogP contribution in [0.3, 0.4) is 0 Å². The van der Waals surface area contributed by atoms with Gasteiger partial charge in [0.15, 0.2) is 0 Å². The average Bonchev–Trinajstić information content (AvgIpc) is 3.49. The van der Waals surface area contributed by atoms with Gasteiger partial charge in [0.1, 0.15) is 11.1 Å². The van der Waals surface area contributed by atoms with Crippen molar-refractivity contribution in [3.63, 3.8) is 0 Å². The third-order valence-electron chi connectivity index (χ3n) is 5.75. The van der Waals surface area contributed by atoms with Crippen molar-refractivity contribution in [1.82, 2.24) is 24.9 Å². The van der Waals surface area contributed by atoms with E-state index < -0.39 is 0 Å². The molecule has 0 bridgehead atoms. The van der Waals surface area contributed by atoms with Crippen LogP contribution in [0.4, 0.5) is 0 Å². The summed E-state index contributed by atoms with van der Waals surface area (Å²) in [4.78, 5) is 8.56. The molecule has 0 saturated carbocycles. The minimum atomic E-state index is -0.142. The molecule has 166 valence electrons. The fourth-order valence-electron chi connectivity index (χ4n) is 3.97. The molecule has 0 amide bonds. The Hall–Kier alpha value is -2.26. The summed E-state index contributed by atoms with van der Waals surface area (Å²) < 4.78 is 9.82. The van der Waals surface area contributed by atoms with Crippen LogP contribution in [0.25, 0.3) is 10.2 Å². The predicted molar refractivity (Wildman–Crippen MR) is 130 cm³/mol. The van der Waals surface area contributed by atoms with Crippen LogP contribution >= 0.6 is 23.1 Å². The fourth-order valence-corrected chi connectivity index (χ4v) is 5.91. The summed E-state index contributed by atoms with van der Waals surface area (Å²) in [5, 5.41) is 8.96. The minimum absolute atomic E-state index is 0.142. The van der Waals surface area contributed by atoms with Crippen LogP contribution in [-0.4, -0.2) is 56.9 Å². The van der Waals surface area contributed by atoms with Gasteiger partial charge < -0.3 is 9.64 Å². The molecule has 0 aliphatic carbocycles. The molecule has 6 nitrogen and oxygen atoms in total. The number of fused-ring (bicyclic) bond motifs is 1. The van der Waals surface area contributed by atoms with E-state index in [1.807, 2.05) is 28.7 Å². The summed E-state index contributed by atoms with van der Waals surface area (Å²) in [7, 11) is 2.18. The molecule has 1 fully saturated rings. The van der Waals surface area contributed by atoms with Gasteiger partial charge in [-0.2, -0.15) is 0 Å². The molecule has 0 radical (unpaired) electrons. The number of hydrogen-bond acceptors (Lipinski definition) is 7. The summed E-state index contributed by atoms with van der Waals surface area (Å²) in [6, 6.07) is 17.1. The highest BCUT2D eigenvalue weighted by atomic mass is 32.2.